The molecule has 0 aliphatic carbocycles. The molecule has 0 radical (unpaired) electrons. The lowest BCUT2D eigenvalue weighted by atomic mass is 10.0. The van der Waals surface area contributed by atoms with Gasteiger partial charge in [-0.05, 0) is 51.9 Å². The van der Waals surface area contributed by atoms with Gasteiger partial charge in [0, 0.05) is 12.7 Å². The number of aromatic nitrogens is 2. The molecule has 2 aromatic rings. The van der Waals surface area contributed by atoms with Crippen LogP contribution in [-0.4, -0.2) is 58.8 Å². The van der Waals surface area contributed by atoms with Crippen LogP contribution in [-0.2, 0) is 6.42 Å². The van der Waals surface area contributed by atoms with Gasteiger partial charge in [-0.3, -0.25) is 4.79 Å². The first-order valence-electron chi connectivity index (χ1n) is 9.25. The molecule has 1 aromatic heterocycles. The number of para-hydroxylation sites is 1. The smallest absolute Gasteiger partial charge is 0.268 e. The molecule has 0 aliphatic heterocycles. The first-order valence-corrected chi connectivity index (χ1v) is 9.25. The number of nitrogens with two attached hydrogens (primary N) is 1. The maximum absolute atomic E-state index is 11.3. The van der Waals surface area contributed by atoms with Gasteiger partial charge in [-0.15, -0.1) is 0 Å². The van der Waals surface area contributed by atoms with Crippen molar-refractivity contribution in [3.05, 3.63) is 48.0 Å². The number of rotatable bonds is 11. The summed E-state index contributed by atoms with van der Waals surface area (Å²) in [6, 6.07) is 7.77. The van der Waals surface area contributed by atoms with Crippen molar-refractivity contribution in [2.24, 2.45) is 5.73 Å². The normalized spacial score (nSPS) is 13.5. The number of primary amides is 1. The van der Waals surface area contributed by atoms with E-state index in [1.165, 1.54) is 0 Å². The van der Waals surface area contributed by atoms with E-state index in [4.69, 9.17) is 10.5 Å². The number of aryl methyl sites for hydroxylation is 1. The van der Waals surface area contributed by atoms with Crippen molar-refractivity contribution in [3.63, 3.8) is 0 Å². The number of imidazole rings is 1. The summed E-state index contributed by atoms with van der Waals surface area (Å²) >= 11 is 0. The number of carbonyl (C=O) groups excluding carboxylic acids is 1. The fourth-order valence-electron chi connectivity index (χ4n) is 3.00. The van der Waals surface area contributed by atoms with E-state index in [-0.39, 0.29) is 11.7 Å². The molecule has 0 bridgehead atoms. The molecule has 0 spiro atoms. The Balaban J connectivity index is 2.01. The third-order valence-corrected chi connectivity index (χ3v) is 4.48. The number of hydrogen-bond acceptors (Lipinski definition) is 5. The summed E-state index contributed by atoms with van der Waals surface area (Å²) in [6.45, 7) is 3.38. The number of nitrogens with zero attached hydrogens (tertiary/aromatic N) is 3. The van der Waals surface area contributed by atoms with E-state index in [1.807, 2.05) is 38.4 Å². The maximum atomic E-state index is 11.3. The maximum Gasteiger partial charge on any atom is 0.268 e. The highest BCUT2D eigenvalue weighted by atomic mass is 16.5. The summed E-state index contributed by atoms with van der Waals surface area (Å²) in [6.07, 6.45) is 4.93. The van der Waals surface area contributed by atoms with Crippen molar-refractivity contribution in [2.45, 2.75) is 38.3 Å². The number of aliphatic hydroxyl groups is 1. The van der Waals surface area contributed by atoms with Gasteiger partial charge in [0.2, 0.25) is 0 Å². The fraction of sp³-hybridized carbons (Fsp3) is 0.500. The minimum absolute atomic E-state index is 0.199. The lowest BCUT2D eigenvalue weighted by Gasteiger charge is -2.22. The predicted molar refractivity (Wildman–Crippen MR) is 105 cm³/mol. The fourth-order valence-corrected chi connectivity index (χ4v) is 3.00. The van der Waals surface area contributed by atoms with Crippen molar-refractivity contribution < 1.29 is 14.6 Å². The highest BCUT2D eigenvalue weighted by Crippen LogP contribution is 2.25. The van der Waals surface area contributed by atoms with Gasteiger partial charge in [0.05, 0.1) is 25.1 Å². The Morgan fingerprint density at radius 1 is 1.37 bits per heavy atom. The van der Waals surface area contributed by atoms with Crippen LogP contribution in [0.5, 0.6) is 5.75 Å². The molecule has 0 saturated heterocycles. The Bertz CT molecular complexity index is 728. The van der Waals surface area contributed by atoms with Gasteiger partial charge in [0.1, 0.15) is 11.4 Å². The Morgan fingerprint density at radius 2 is 2.11 bits per heavy atom. The van der Waals surface area contributed by atoms with Crippen LogP contribution in [0.2, 0.25) is 0 Å². The molecule has 0 unspecified atom stereocenters. The second-order valence-corrected chi connectivity index (χ2v) is 7.03. The number of carbonyl (C=O) groups is 1. The van der Waals surface area contributed by atoms with E-state index >= 15 is 0 Å². The largest absolute Gasteiger partial charge is 0.493 e. The van der Waals surface area contributed by atoms with Crippen LogP contribution in [0.4, 0.5) is 0 Å². The van der Waals surface area contributed by atoms with Crippen LogP contribution >= 0.6 is 0 Å². The number of benzene rings is 1. The zero-order chi connectivity index (χ0) is 19.8. The van der Waals surface area contributed by atoms with E-state index in [2.05, 4.69) is 9.88 Å². The van der Waals surface area contributed by atoms with E-state index in [0.29, 0.717) is 13.0 Å². The summed E-state index contributed by atoms with van der Waals surface area (Å²) < 4.78 is 7.71. The molecule has 148 valence electrons. The van der Waals surface area contributed by atoms with Crippen LogP contribution in [0.3, 0.4) is 0 Å². The van der Waals surface area contributed by atoms with Crippen molar-refractivity contribution in [1.29, 1.82) is 0 Å². The molecule has 2 rings (SSSR count). The summed E-state index contributed by atoms with van der Waals surface area (Å²) in [7, 11) is 4.09. The highest BCUT2D eigenvalue weighted by molar-refractivity contribution is 5.90. The third kappa shape index (κ3) is 6.37. The number of hydrogen-bond donors (Lipinski definition) is 2. The zero-order valence-electron chi connectivity index (χ0n) is 16.3. The van der Waals surface area contributed by atoms with Crippen LogP contribution in [0.25, 0.3) is 0 Å². The molecule has 7 heteroatoms. The minimum Gasteiger partial charge on any atom is -0.493 e. The molecular weight excluding hydrogens is 344 g/mol. The third-order valence-electron chi connectivity index (χ3n) is 4.48. The van der Waals surface area contributed by atoms with Crippen molar-refractivity contribution in [1.82, 2.24) is 14.5 Å². The van der Waals surface area contributed by atoms with E-state index in [0.717, 1.165) is 30.7 Å². The molecule has 1 heterocycles. The van der Waals surface area contributed by atoms with E-state index < -0.39 is 12.0 Å². The van der Waals surface area contributed by atoms with Crippen LogP contribution in [0, 0.1) is 0 Å². The van der Waals surface area contributed by atoms with Crippen LogP contribution < -0.4 is 10.5 Å². The summed E-state index contributed by atoms with van der Waals surface area (Å²) in [5.41, 5.74) is 6.57. The molecule has 27 heavy (non-hydrogen) atoms. The van der Waals surface area contributed by atoms with Gasteiger partial charge < -0.3 is 25.0 Å². The van der Waals surface area contributed by atoms with Gasteiger partial charge in [-0.25, -0.2) is 4.98 Å². The molecule has 1 amide bonds. The highest BCUT2D eigenvalue weighted by Gasteiger charge is 2.19. The van der Waals surface area contributed by atoms with E-state index in [1.54, 1.807) is 24.0 Å². The topological polar surface area (TPSA) is 93.6 Å². The van der Waals surface area contributed by atoms with Crippen molar-refractivity contribution >= 4 is 5.91 Å². The van der Waals surface area contributed by atoms with Crippen LogP contribution in [0.15, 0.2) is 36.8 Å². The van der Waals surface area contributed by atoms with Crippen LogP contribution in [0.1, 0.15) is 41.9 Å². The number of amides is 1. The number of aliphatic hydroxyl groups excluding tert-OH is 1. The quantitative estimate of drug-likeness (QED) is 0.586. The zero-order valence-corrected chi connectivity index (χ0v) is 16.3. The Morgan fingerprint density at radius 3 is 2.74 bits per heavy atom. The summed E-state index contributed by atoms with van der Waals surface area (Å²) in [5.74, 6) is 0.304. The SMILES string of the molecule is C[C@H](O)[C@@H](CCc1ccccc1OCCCN(C)C)n1cnc(C(N)=O)c1. The van der Waals surface area contributed by atoms with Gasteiger partial charge in [-0.1, -0.05) is 18.2 Å². The lowest BCUT2D eigenvalue weighted by Crippen LogP contribution is -2.21. The van der Waals surface area contributed by atoms with E-state index in [9.17, 15) is 9.90 Å². The molecule has 2 atom stereocenters. The van der Waals surface area contributed by atoms with Crippen molar-refractivity contribution in [3.8, 4) is 5.75 Å². The summed E-state index contributed by atoms with van der Waals surface area (Å²) in [4.78, 5) is 17.4. The Hall–Kier alpha value is -2.38. The molecular formula is C20H30N4O3. The van der Waals surface area contributed by atoms with Crippen molar-refractivity contribution in [2.75, 3.05) is 27.2 Å². The predicted octanol–water partition coefficient (Wildman–Crippen LogP) is 1.87. The molecule has 7 nitrogen and oxygen atoms in total. The standard InChI is InChI=1S/C20H30N4O3/c1-15(25)18(24-13-17(20(21)26)22-14-24)10-9-16-7-4-5-8-19(16)27-12-6-11-23(2)3/h4-5,7-8,13-15,18,25H,6,9-12H2,1-3H3,(H2,21,26)/t15-,18+/m0/s1. The molecule has 0 aliphatic rings. The van der Waals surface area contributed by atoms with Gasteiger partial charge in [0.15, 0.2) is 0 Å². The number of ether oxygens (including phenoxy) is 1. The first-order chi connectivity index (χ1) is 12.9. The van der Waals surface area contributed by atoms with Gasteiger partial charge in [0.25, 0.3) is 5.91 Å². The monoisotopic (exact) mass is 374 g/mol. The molecule has 1 aromatic carbocycles. The van der Waals surface area contributed by atoms with Gasteiger partial charge in [-0.2, -0.15) is 0 Å². The molecule has 0 fully saturated rings. The second kappa shape index (κ2) is 10.1. The summed E-state index contributed by atoms with van der Waals surface area (Å²) in [5, 5.41) is 10.2. The Kier molecular flexibility index (Phi) is 7.82. The minimum atomic E-state index is -0.590. The second-order valence-electron chi connectivity index (χ2n) is 7.03. The average Bonchev–Trinajstić information content (AvgIpc) is 3.09. The molecule has 3 N–H and O–H groups in total. The average molecular weight is 374 g/mol. The van der Waals surface area contributed by atoms with Gasteiger partial charge >= 0.3 is 0 Å². The molecule has 0 saturated carbocycles. The first kappa shape index (κ1) is 20.9. The Labute approximate surface area is 160 Å². The lowest BCUT2D eigenvalue weighted by molar-refractivity contribution is 0.0994.